The zero-order valence-corrected chi connectivity index (χ0v) is 7.59. The Morgan fingerprint density at radius 3 is 2.85 bits per heavy atom. The van der Waals surface area contributed by atoms with E-state index in [2.05, 4.69) is 16.1 Å². The molecule has 1 aliphatic rings. The van der Waals surface area contributed by atoms with Crippen LogP contribution in [-0.2, 0) is 4.79 Å². The molecule has 0 saturated carbocycles. The van der Waals surface area contributed by atoms with E-state index < -0.39 is 6.03 Å². The van der Waals surface area contributed by atoms with Crippen LogP contribution in [0.1, 0.15) is 6.42 Å². The number of nitrogens with one attached hydrogen (secondary N) is 3. The van der Waals surface area contributed by atoms with Gasteiger partial charge in [-0.05, 0) is 6.42 Å². The van der Waals surface area contributed by atoms with Gasteiger partial charge in [-0.3, -0.25) is 15.5 Å². The molecule has 1 aliphatic heterocycles. The summed E-state index contributed by atoms with van der Waals surface area (Å²) < 4.78 is 0. The number of hydrazine groups is 1. The topological polar surface area (TPSA) is 73.5 Å². The molecule has 0 atom stereocenters. The smallest absolute Gasteiger partial charge is 0.321 e. The first kappa shape index (κ1) is 9.94. The molecule has 3 N–H and O–H groups in total. The summed E-state index contributed by atoms with van der Waals surface area (Å²) in [7, 11) is 1.47. The van der Waals surface area contributed by atoms with Crippen LogP contribution in [-0.4, -0.2) is 43.6 Å². The van der Waals surface area contributed by atoms with Crippen LogP contribution in [0.4, 0.5) is 4.79 Å². The minimum absolute atomic E-state index is 0.216. The summed E-state index contributed by atoms with van der Waals surface area (Å²) in [5.41, 5.74) is 3.02. The fourth-order valence-corrected chi connectivity index (χ4v) is 1.12. The number of carbonyl (C=O) groups excluding carboxylic acids is 2. The Hall–Kier alpha value is -1.14. The number of hydrogen-bond donors (Lipinski definition) is 3. The largest absolute Gasteiger partial charge is 0.341 e. The molecule has 6 heteroatoms. The molecule has 1 heterocycles. The number of nitrogens with zero attached hydrogens (tertiary/aromatic N) is 1. The number of imide groups is 1. The SMILES string of the molecule is CNC(=O)NC(=O)CN1CCCN1. The van der Waals surface area contributed by atoms with Crippen LogP contribution in [0.15, 0.2) is 0 Å². The van der Waals surface area contributed by atoms with Crippen LogP contribution in [0.25, 0.3) is 0 Å². The minimum Gasteiger partial charge on any atom is -0.341 e. The van der Waals surface area contributed by atoms with Crippen molar-refractivity contribution >= 4 is 11.9 Å². The number of carbonyl (C=O) groups is 2. The van der Waals surface area contributed by atoms with Gasteiger partial charge in [0.05, 0.1) is 6.54 Å². The van der Waals surface area contributed by atoms with E-state index in [1.165, 1.54) is 7.05 Å². The van der Waals surface area contributed by atoms with Crippen LogP contribution in [0, 0.1) is 0 Å². The van der Waals surface area contributed by atoms with Gasteiger partial charge in [0.15, 0.2) is 0 Å². The summed E-state index contributed by atoms with van der Waals surface area (Å²) in [5.74, 6) is -0.297. The van der Waals surface area contributed by atoms with Crippen molar-refractivity contribution in [2.45, 2.75) is 6.42 Å². The molecule has 3 amide bonds. The van der Waals surface area contributed by atoms with Crippen molar-refractivity contribution in [3.05, 3.63) is 0 Å². The highest BCUT2D eigenvalue weighted by Crippen LogP contribution is 1.94. The van der Waals surface area contributed by atoms with E-state index in [1.54, 1.807) is 5.01 Å². The fraction of sp³-hybridized carbons (Fsp3) is 0.714. The van der Waals surface area contributed by atoms with E-state index in [0.29, 0.717) is 0 Å². The average Bonchev–Trinajstić information content (AvgIpc) is 2.56. The van der Waals surface area contributed by atoms with E-state index >= 15 is 0 Å². The number of amides is 3. The van der Waals surface area contributed by atoms with Crippen LogP contribution in [0.2, 0.25) is 0 Å². The van der Waals surface area contributed by atoms with Crippen molar-refractivity contribution in [1.29, 1.82) is 0 Å². The third kappa shape index (κ3) is 3.39. The molecule has 0 aromatic rings. The zero-order valence-electron chi connectivity index (χ0n) is 7.59. The van der Waals surface area contributed by atoms with Crippen molar-refractivity contribution < 1.29 is 9.59 Å². The second-order valence-corrected chi connectivity index (χ2v) is 2.81. The van der Waals surface area contributed by atoms with Crippen LogP contribution < -0.4 is 16.1 Å². The Morgan fingerprint density at radius 2 is 2.31 bits per heavy atom. The first-order valence-electron chi connectivity index (χ1n) is 4.22. The summed E-state index contributed by atoms with van der Waals surface area (Å²) in [4.78, 5) is 21.8. The van der Waals surface area contributed by atoms with Gasteiger partial charge < -0.3 is 5.32 Å². The van der Waals surface area contributed by atoms with Gasteiger partial charge in [-0.15, -0.1) is 0 Å². The summed E-state index contributed by atoms with van der Waals surface area (Å²) in [6, 6.07) is -0.468. The Kier molecular flexibility index (Phi) is 3.66. The maximum absolute atomic E-state index is 11.1. The highest BCUT2D eigenvalue weighted by Gasteiger charge is 2.15. The standard InChI is InChI=1S/C7H14N4O2/c1-8-7(13)10-6(12)5-11-4-2-3-9-11/h9H,2-5H2,1H3,(H2,8,10,12,13). The molecule has 74 valence electrons. The van der Waals surface area contributed by atoms with Crippen LogP contribution >= 0.6 is 0 Å². The van der Waals surface area contributed by atoms with Gasteiger partial charge in [-0.2, -0.15) is 0 Å². The first-order chi connectivity index (χ1) is 6.22. The molecule has 0 bridgehead atoms. The number of urea groups is 1. The molecule has 0 radical (unpaired) electrons. The van der Waals surface area contributed by atoms with Gasteiger partial charge in [0.1, 0.15) is 0 Å². The maximum Gasteiger partial charge on any atom is 0.321 e. The van der Waals surface area contributed by atoms with Crippen LogP contribution in [0.3, 0.4) is 0 Å². The molecule has 0 aromatic heterocycles. The highest BCUT2D eigenvalue weighted by atomic mass is 16.2. The van der Waals surface area contributed by atoms with Gasteiger partial charge in [0.25, 0.3) is 0 Å². The summed E-state index contributed by atoms with van der Waals surface area (Å²) in [6.07, 6.45) is 1.03. The summed E-state index contributed by atoms with van der Waals surface area (Å²) >= 11 is 0. The van der Waals surface area contributed by atoms with Gasteiger partial charge in [-0.25, -0.2) is 9.80 Å². The number of hydrogen-bond acceptors (Lipinski definition) is 4. The lowest BCUT2D eigenvalue weighted by molar-refractivity contribution is -0.121. The lowest BCUT2D eigenvalue weighted by Crippen LogP contribution is -2.45. The predicted molar refractivity (Wildman–Crippen MR) is 46.8 cm³/mol. The third-order valence-electron chi connectivity index (χ3n) is 1.75. The quantitative estimate of drug-likeness (QED) is 0.498. The second-order valence-electron chi connectivity index (χ2n) is 2.81. The lowest BCUT2D eigenvalue weighted by Gasteiger charge is -2.13. The van der Waals surface area contributed by atoms with Crippen molar-refractivity contribution in [3.63, 3.8) is 0 Å². The minimum atomic E-state index is -0.468. The van der Waals surface area contributed by atoms with E-state index in [-0.39, 0.29) is 12.5 Å². The Balaban J connectivity index is 2.20. The monoisotopic (exact) mass is 186 g/mol. The van der Waals surface area contributed by atoms with Gasteiger partial charge >= 0.3 is 6.03 Å². The maximum atomic E-state index is 11.1. The Labute approximate surface area is 76.6 Å². The normalized spacial score (nSPS) is 17.0. The molecule has 0 spiro atoms. The molecule has 0 aliphatic carbocycles. The third-order valence-corrected chi connectivity index (χ3v) is 1.75. The van der Waals surface area contributed by atoms with Crippen molar-refractivity contribution in [2.24, 2.45) is 0 Å². The molecular formula is C7H14N4O2. The molecule has 0 unspecified atom stereocenters. The van der Waals surface area contributed by atoms with E-state index in [1.807, 2.05) is 0 Å². The van der Waals surface area contributed by atoms with E-state index in [4.69, 9.17) is 0 Å². The van der Waals surface area contributed by atoms with Crippen LogP contribution in [0.5, 0.6) is 0 Å². The zero-order chi connectivity index (χ0) is 9.68. The highest BCUT2D eigenvalue weighted by molar-refractivity contribution is 5.95. The first-order valence-corrected chi connectivity index (χ1v) is 4.22. The van der Waals surface area contributed by atoms with Crippen molar-refractivity contribution in [2.75, 3.05) is 26.7 Å². The molecule has 13 heavy (non-hydrogen) atoms. The van der Waals surface area contributed by atoms with Gasteiger partial charge in [-0.1, -0.05) is 0 Å². The molecule has 1 saturated heterocycles. The molecule has 1 fully saturated rings. The predicted octanol–water partition coefficient (Wildman–Crippen LogP) is -1.35. The van der Waals surface area contributed by atoms with Crippen molar-refractivity contribution in [1.82, 2.24) is 21.1 Å². The molecule has 6 nitrogen and oxygen atoms in total. The fourth-order valence-electron chi connectivity index (χ4n) is 1.12. The van der Waals surface area contributed by atoms with E-state index in [9.17, 15) is 9.59 Å². The lowest BCUT2D eigenvalue weighted by atomic mass is 10.4. The van der Waals surface area contributed by atoms with E-state index in [0.717, 1.165) is 19.5 Å². The van der Waals surface area contributed by atoms with Gasteiger partial charge in [0, 0.05) is 20.1 Å². The molecule has 0 aromatic carbocycles. The molecular weight excluding hydrogens is 172 g/mol. The Bertz CT molecular complexity index is 201. The molecule has 1 rings (SSSR count). The summed E-state index contributed by atoms with van der Waals surface area (Å²) in [5, 5.41) is 6.29. The second kappa shape index (κ2) is 4.78. The average molecular weight is 186 g/mol. The Morgan fingerprint density at radius 1 is 1.54 bits per heavy atom. The summed E-state index contributed by atoms with van der Waals surface area (Å²) in [6.45, 7) is 1.96. The van der Waals surface area contributed by atoms with Crippen molar-refractivity contribution in [3.8, 4) is 0 Å². The number of rotatable bonds is 2. The van der Waals surface area contributed by atoms with Gasteiger partial charge in [0.2, 0.25) is 5.91 Å².